The lowest BCUT2D eigenvalue weighted by molar-refractivity contribution is 0.152. The summed E-state index contributed by atoms with van der Waals surface area (Å²) in [5, 5.41) is 3.17. The van der Waals surface area contributed by atoms with E-state index < -0.39 is 0 Å². The van der Waals surface area contributed by atoms with Crippen molar-refractivity contribution in [3.8, 4) is 5.75 Å². The molecule has 0 radical (unpaired) electrons. The number of ether oxygens (including phenoxy) is 1. The van der Waals surface area contributed by atoms with Gasteiger partial charge in [-0.05, 0) is 43.4 Å². The normalized spacial score (nSPS) is 20.8. The predicted octanol–water partition coefficient (Wildman–Crippen LogP) is 4.51. The van der Waals surface area contributed by atoms with Crippen molar-refractivity contribution in [1.82, 2.24) is 5.32 Å². The van der Waals surface area contributed by atoms with E-state index in [4.69, 9.17) is 4.74 Å². The number of benzene rings is 2. The third-order valence-corrected chi connectivity index (χ3v) is 4.44. The Morgan fingerprint density at radius 1 is 1.10 bits per heavy atom. The van der Waals surface area contributed by atoms with Crippen molar-refractivity contribution in [3.63, 3.8) is 0 Å². The molecule has 2 unspecified atom stereocenters. The van der Waals surface area contributed by atoms with Crippen LogP contribution in [0.3, 0.4) is 0 Å². The molecule has 1 N–H and O–H groups in total. The van der Waals surface area contributed by atoms with E-state index in [1.165, 1.54) is 24.3 Å². The van der Waals surface area contributed by atoms with Crippen LogP contribution >= 0.6 is 15.9 Å². The molecule has 0 saturated carbocycles. The fourth-order valence-corrected chi connectivity index (χ4v) is 3.17. The summed E-state index contributed by atoms with van der Waals surface area (Å²) in [5.41, 5.74) is 1.55. The van der Waals surface area contributed by atoms with Crippen molar-refractivity contribution < 1.29 is 13.5 Å². The SMILES string of the molecule is CNC1CC(c2cc(F)ccc2Br)Oc2ccc(F)cc21. The highest BCUT2D eigenvalue weighted by Gasteiger charge is 2.30. The molecule has 0 aromatic heterocycles. The van der Waals surface area contributed by atoms with Crippen molar-refractivity contribution in [2.45, 2.75) is 18.6 Å². The summed E-state index contributed by atoms with van der Waals surface area (Å²) < 4.78 is 33.6. The molecule has 0 fully saturated rings. The lowest BCUT2D eigenvalue weighted by Crippen LogP contribution is -2.27. The quantitative estimate of drug-likeness (QED) is 0.857. The number of hydrogen-bond donors (Lipinski definition) is 1. The molecule has 1 aliphatic heterocycles. The van der Waals surface area contributed by atoms with Crippen molar-refractivity contribution in [1.29, 1.82) is 0 Å². The first-order chi connectivity index (χ1) is 10.1. The van der Waals surface area contributed by atoms with Gasteiger partial charge in [0.25, 0.3) is 0 Å². The Hall–Kier alpha value is -1.46. The molecule has 2 nitrogen and oxygen atoms in total. The molecule has 21 heavy (non-hydrogen) atoms. The Labute approximate surface area is 130 Å². The summed E-state index contributed by atoms with van der Waals surface area (Å²) in [7, 11) is 1.82. The third-order valence-electron chi connectivity index (χ3n) is 3.72. The second kappa shape index (κ2) is 5.73. The van der Waals surface area contributed by atoms with Crippen LogP contribution in [0.15, 0.2) is 40.9 Å². The summed E-state index contributed by atoms with van der Waals surface area (Å²) in [4.78, 5) is 0. The zero-order valence-corrected chi connectivity index (χ0v) is 13.0. The molecule has 0 spiro atoms. The molecule has 2 aromatic rings. The minimum atomic E-state index is -0.303. The Bertz CT molecular complexity index is 677. The van der Waals surface area contributed by atoms with E-state index in [1.807, 2.05) is 7.05 Å². The van der Waals surface area contributed by atoms with Crippen LogP contribution in [0.4, 0.5) is 8.78 Å². The van der Waals surface area contributed by atoms with Crippen LogP contribution in [-0.2, 0) is 0 Å². The van der Waals surface area contributed by atoms with Gasteiger partial charge in [-0.25, -0.2) is 8.78 Å². The summed E-state index contributed by atoms with van der Waals surface area (Å²) in [5.74, 6) is 0.0360. The molecule has 0 amide bonds. The number of nitrogens with one attached hydrogen (secondary N) is 1. The zero-order valence-electron chi connectivity index (χ0n) is 11.4. The van der Waals surface area contributed by atoms with Crippen molar-refractivity contribution in [3.05, 3.63) is 63.6 Å². The summed E-state index contributed by atoms with van der Waals surface area (Å²) in [6.45, 7) is 0. The first-order valence-corrected chi connectivity index (χ1v) is 7.46. The van der Waals surface area contributed by atoms with Crippen molar-refractivity contribution >= 4 is 15.9 Å². The minimum absolute atomic E-state index is 0.0374. The van der Waals surface area contributed by atoms with Gasteiger partial charge < -0.3 is 10.1 Å². The van der Waals surface area contributed by atoms with Crippen molar-refractivity contribution in [2.24, 2.45) is 0 Å². The van der Waals surface area contributed by atoms with Gasteiger partial charge >= 0.3 is 0 Å². The maximum Gasteiger partial charge on any atom is 0.127 e. The van der Waals surface area contributed by atoms with E-state index in [0.29, 0.717) is 12.2 Å². The second-order valence-corrected chi connectivity index (χ2v) is 5.89. The molecule has 0 bridgehead atoms. The minimum Gasteiger partial charge on any atom is -0.485 e. The first kappa shape index (κ1) is 14.5. The summed E-state index contributed by atoms with van der Waals surface area (Å²) in [6, 6.07) is 8.97. The molecular formula is C16H14BrF2NO. The van der Waals surface area contributed by atoms with Crippen LogP contribution in [0.1, 0.15) is 29.7 Å². The molecule has 5 heteroatoms. The highest BCUT2D eigenvalue weighted by atomic mass is 79.9. The molecule has 1 heterocycles. The lowest BCUT2D eigenvalue weighted by Gasteiger charge is -2.32. The first-order valence-electron chi connectivity index (χ1n) is 6.67. The molecule has 1 aliphatic rings. The van der Waals surface area contributed by atoms with Crippen LogP contribution in [-0.4, -0.2) is 7.05 Å². The molecular weight excluding hydrogens is 340 g/mol. The standard InChI is InChI=1S/C16H14BrF2NO/c1-20-14-8-16(11-6-9(18)2-4-13(11)17)21-15-5-3-10(19)7-12(14)15/h2-7,14,16,20H,8H2,1H3. The highest BCUT2D eigenvalue weighted by Crippen LogP contribution is 2.42. The third kappa shape index (κ3) is 2.80. The lowest BCUT2D eigenvalue weighted by atomic mass is 9.93. The second-order valence-electron chi connectivity index (χ2n) is 5.03. The number of halogens is 3. The number of rotatable bonds is 2. The molecule has 2 aromatic carbocycles. The number of hydrogen-bond acceptors (Lipinski definition) is 2. The average Bonchev–Trinajstić information content (AvgIpc) is 2.48. The van der Waals surface area contributed by atoms with Gasteiger partial charge in [-0.15, -0.1) is 0 Å². The maximum atomic E-state index is 13.5. The van der Waals surface area contributed by atoms with Gasteiger partial charge in [-0.2, -0.15) is 0 Å². The summed E-state index contributed by atoms with van der Waals surface area (Å²) in [6.07, 6.45) is 0.320. The van der Waals surface area contributed by atoms with Crippen molar-refractivity contribution in [2.75, 3.05) is 7.05 Å². The van der Waals surface area contributed by atoms with Crippen LogP contribution in [0.5, 0.6) is 5.75 Å². The van der Waals surface area contributed by atoms with E-state index >= 15 is 0 Å². The van der Waals surface area contributed by atoms with E-state index in [0.717, 1.165) is 15.6 Å². The summed E-state index contributed by atoms with van der Waals surface area (Å²) >= 11 is 3.43. The van der Waals surface area contributed by atoms with E-state index in [9.17, 15) is 8.78 Å². The maximum absolute atomic E-state index is 13.5. The van der Waals surface area contributed by atoms with Gasteiger partial charge in [0, 0.05) is 28.1 Å². The smallest absolute Gasteiger partial charge is 0.127 e. The Morgan fingerprint density at radius 3 is 2.48 bits per heavy atom. The average molecular weight is 354 g/mol. The highest BCUT2D eigenvalue weighted by molar-refractivity contribution is 9.10. The van der Waals surface area contributed by atoms with Crippen LogP contribution < -0.4 is 10.1 Å². The van der Waals surface area contributed by atoms with Gasteiger partial charge in [-0.3, -0.25) is 0 Å². The van der Waals surface area contributed by atoms with Crippen LogP contribution in [0.2, 0.25) is 0 Å². The van der Waals surface area contributed by atoms with Gasteiger partial charge in [0.1, 0.15) is 23.5 Å². The Morgan fingerprint density at radius 2 is 1.76 bits per heavy atom. The molecule has 2 atom stereocenters. The van der Waals surface area contributed by atoms with Crippen LogP contribution in [0.25, 0.3) is 0 Å². The predicted molar refractivity (Wildman–Crippen MR) is 80.3 cm³/mol. The van der Waals surface area contributed by atoms with Crippen LogP contribution in [0, 0.1) is 11.6 Å². The van der Waals surface area contributed by atoms with E-state index in [2.05, 4.69) is 21.2 Å². The fourth-order valence-electron chi connectivity index (χ4n) is 2.67. The molecule has 0 saturated heterocycles. The Balaban J connectivity index is 2.00. The monoisotopic (exact) mass is 353 g/mol. The largest absolute Gasteiger partial charge is 0.485 e. The molecule has 0 aliphatic carbocycles. The molecule has 110 valence electrons. The van der Waals surface area contributed by atoms with E-state index in [-0.39, 0.29) is 23.8 Å². The fraction of sp³-hybridized carbons (Fsp3) is 0.250. The Kier molecular flexibility index (Phi) is 3.95. The van der Waals surface area contributed by atoms with E-state index in [1.54, 1.807) is 12.1 Å². The zero-order chi connectivity index (χ0) is 15.0. The van der Waals surface area contributed by atoms with Gasteiger partial charge in [0.2, 0.25) is 0 Å². The van der Waals surface area contributed by atoms with Gasteiger partial charge in [-0.1, -0.05) is 15.9 Å². The van der Waals surface area contributed by atoms with Gasteiger partial charge in [0.05, 0.1) is 0 Å². The molecule has 3 rings (SSSR count). The topological polar surface area (TPSA) is 21.3 Å². The van der Waals surface area contributed by atoms with Gasteiger partial charge in [0.15, 0.2) is 0 Å². The number of fused-ring (bicyclic) bond motifs is 1.